The molecule has 0 radical (unpaired) electrons. The van der Waals surface area contributed by atoms with Crippen molar-refractivity contribution < 1.29 is 38.4 Å². The third-order valence-corrected chi connectivity index (χ3v) is 5.33. The Morgan fingerprint density at radius 2 is 1.50 bits per heavy atom. The number of hydrogen-bond donors (Lipinski definition) is 1. The molecule has 3 aliphatic heterocycles. The molecule has 0 amide bonds. The van der Waals surface area contributed by atoms with Crippen LogP contribution in [0.4, 0.5) is 4.79 Å². The van der Waals surface area contributed by atoms with Crippen LogP contribution in [0, 0.1) is 0 Å². The molecule has 4 rings (SSSR count). The summed E-state index contributed by atoms with van der Waals surface area (Å²) in [7, 11) is 0. The SMILES string of the molecule is CC1(O)CCOCC1.CC1(OC(=O)Oc2ccccn2)CCOCC1.O=C1CCOCC1. The van der Waals surface area contributed by atoms with Gasteiger partial charge in [0.25, 0.3) is 0 Å². The average molecular weight is 454 g/mol. The number of ether oxygens (including phenoxy) is 5. The van der Waals surface area contributed by atoms with E-state index in [1.807, 2.05) is 13.8 Å². The van der Waals surface area contributed by atoms with Gasteiger partial charge in [0.05, 0.1) is 32.0 Å². The van der Waals surface area contributed by atoms with Crippen LogP contribution < -0.4 is 4.74 Å². The molecule has 180 valence electrons. The van der Waals surface area contributed by atoms with Crippen molar-refractivity contribution in [3.05, 3.63) is 24.4 Å². The Hall–Kier alpha value is -2.07. The van der Waals surface area contributed by atoms with E-state index in [-0.39, 0.29) is 5.88 Å². The van der Waals surface area contributed by atoms with E-state index >= 15 is 0 Å². The first-order chi connectivity index (χ1) is 15.3. The molecule has 0 unspecified atom stereocenters. The van der Waals surface area contributed by atoms with Gasteiger partial charge in [0.2, 0.25) is 5.88 Å². The van der Waals surface area contributed by atoms with Crippen LogP contribution in [-0.2, 0) is 23.7 Å². The molecule has 9 nitrogen and oxygen atoms in total. The van der Waals surface area contributed by atoms with Gasteiger partial charge in [-0.05, 0) is 32.8 Å². The van der Waals surface area contributed by atoms with Gasteiger partial charge in [0.1, 0.15) is 11.4 Å². The summed E-state index contributed by atoms with van der Waals surface area (Å²) in [4.78, 5) is 25.8. The van der Waals surface area contributed by atoms with Crippen molar-refractivity contribution in [2.45, 2.75) is 63.6 Å². The summed E-state index contributed by atoms with van der Waals surface area (Å²) in [6.45, 7) is 7.66. The molecule has 3 saturated heterocycles. The second-order valence-electron chi connectivity index (χ2n) is 8.44. The quantitative estimate of drug-likeness (QED) is 0.675. The minimum Gasteiger partial charge on any atom is -0.427 e. The highest BCUT2D eigenvalue weighted by Crippen LogP contribution is 2.25. The van der Waals surface area contributed by atoms with E-state index in [1.54, 1.807) is 24.4 Å². The smallest absolute Gasteiger partial charge is 0.427 e. The normalized spacial score (nSPS) is 21.7. The first-order valence-corrected chi connectivity index (χ1v) is 11.1. The van der Waals surface area contributed by atoms with Gasteiger partial charge in [-0.15, -0.1) is 0 Å². The lowest BCUT2D eigenvalue weighted by molar-refractivity contribution is -0.124. The Morgan fingerprint density at radius 3 is 1.94 bits per heavy atom. The van der Waals surface area contributed by atoms with Crippen LogP contribution in [-0.4, -0.2) is 72.9 Å². The maximum absolute atomic E-state index is 11.6. The molecule has 1 aromatic rings. The fourth-order valence-corrected chi connectivity index (χ4v) is 3.03. The predicted octanol–water partition coefficient (Wildman–Crippen LogP) is 3.08. The summed E-state index contributed by atoms with van der Waals surface area (Å²) in [6, 6.07) is 5.09. The van der Waals surface area contributed by atoms with Crippen molar-refractivity contribution >= 4 is 11.9 Å². The Labute approximate surface area is 189 Å². The molecule has 0 aromatic carbocycles. The number of pyridine rings is 1. The number of ketones is 1. The lowest BCUT2D eigenvalue weighted by Gasteiger charge is -2.32. The largest absolute Gasteiger partial charge is 0.515 e. The first kappa shape index (κ1) is 26.2. The highest BCUT2D eigenvalue weighted by Gasteiger charge is 2.32. The Balaban J connectivity index is 0.000000199. The minimum atomic E-state index is -0.715. The van der Waals surface area contributed by atoms with Gasteiger partial charge in [0.15, 0.2) is 0 Å². The van der Waals surface area contributed by atoms with Crippen LogP contribution in [0.2, 0.25) is 0 Å². The number of aliphatic hydroxyl groups is 1. The molecule has 0 spiro atoms. The monoisotopic (exact) mass is 453 g/mol. The van der Waals surface area contributed by atoms with Gasteiger partial charge in [0, 0.05) is 51.2 Å². The predicted molar refractivity (Wildman–Crippen MR) is 116 cm³/mol. The molecule has 1 aromatic heterocycles. The molecule has 3 fully saturated rings. The highest BCUT2D eigenvalue weighted by molar-refractivity contribution is 5.79. The minimum absolute atomic E-state index is 0.244. The lowest BCUT2D eigenvalue weighted by Crippen LogP contribution is -2.38. The molecular formula is C23H35NO8. The number of aromatic nitrogens is 1. The molecule has 9 heteroatoms. The summed E-state index contributed by atoms with van der Waals surface area (Å²) < 4.78 is 25.5. The van der Waals surface area contributed by atoms with E-state index in [2.05, 4.69) is 4.98 Å². The Kier molecular flexibility index (Phi) is 11.0. The van der Waals surface area contributed by atoms with Crippen LogP contribution >= 0.6 is 0 Å². The maximum atomic E-state index is 11.6. The zero-order valence-corrected chi connectivity index (χ0v) is 19.0. The van der Waals surface area contributed by atoms with Crippen LogP contribution in [0.3, 0.4) is 0 Å². The second-order valence-corrected chi connectivity index (χ2v) is 8.44. The maximum Gasteiger partial charge on any atom is 0.515 e. The fourth-order valence-electron chi connectivity index (χ4n) is 3.03. The first-order valence-electron chi connectivity index (χ1n) is 11.1. The third kappa shape index (κ3) is 11.0. The molecule has 32 heavy (non-hydrogen) atoms. The summed E-state index contributed by atoms with van der Waals surface area (Å²) >= 11 is 0. The topological polar surface area (TPSA) is 113 Å². The van der Waals surface area contributed by atoms with E-state index in [1.165, 1.54) is 0 Å². The zero-order valence-electron chi connectivity index (χ0n) is 19.0. The Morgan fingerprint density at radius 1 is 0.938 bits per heavy atom. The molecule has 1 N–H and O–H groups in total. The van der Waals surface area contributed by atoms with Gasteiger partial charge >= 0.3 is 6.16 Å². The summed E-state index contributed by atoms with van der Waals surface area (Å²) in [5.74, 6) is 0.583. The molecule has 4 heterocycles. The lowest BCUT2D eigenvalue weighted by atomic mass is 9.97. The molecule has 0 aliphatic carbocycles. The zero-order chi connectivity index (χ0) is 23.3. The second kappa shape index (κ2) is 13.5. The van der Waals surface area contributed by atoms with Crippen LogP contribution in [0.15, 0.2) is 24.4 Å². The number of carbonyl (C=O) groups is 2. The van der Waals surface area contributed by atoms with Gasteiger partial charge in [-0.2, -0.15) is 0 Å². The summed E-state index contributed by atoms with van der Waals surface area (Å²) in [5, 5.41) is 9.29. The van der Waals surface area contributed by atoms with Gasteiger partial charge in [-0.1, -0.05) is 6.07 Å². The van der Waals surface area contributed by atoms with E-state index in [9.17, 15) is 14.7 Å². The molecule has 0 saturated carbocycles. The Bertz CT molecular complexity index is 672. The number of carbonyl (C=O) groups excluding carboxylic acids is 2. The van der Waals surface area contributed by atoms with E-state index in [0.29, 0.717) is 71.1 Å². The number of hydrogen-bond acceptors (Lipinski definition) is 9. The standard InChI is InChI=1S/C12H15NO4.C6H12O2.C5H8O2/c1-12(5-8-15-9-6-12)17-11(14)16-10-4-2-3-7-13-10;1-6(7)2-4-8-5-3-6;6-5-1-3-7-4-2-5/h2-4,7H,5-6,8-9H2,1H3;7H,2-5H2,1H3;1-4H2. The van der Waals surface area contributed by atoms with Crippen molar-refractivity contribution in [2.24, 2.45) is 0 Å². The van der Waals surface area contributed by atoms with Crippen molar-refractivity contribution in [3.8, 4) is 5.88 Å². The molecular weight excluding hydrogens is 418 g/mol. The van der Waals surface area contributed by atoms with Gasteiger partial charge < -0.3 is 28.8 Å². The molecule has 0 bridgehead atoms. The van der Waals surface area contributed by atoms with Crippen molar-refractivity contribution in [3.63, 3.8) is 0 Å². The third-order valence-electron chi connectivity index (χ3n) is 5.33. The van der Waals surface area contributed by atoms with E-state index in [4.69, 9.17) is 23.7 Å². The molecule has 0 atom stereocenters. The average Bonchev–Trinajstić information content (AvgIpc) is 2.76. The van der Waals surface area contributed by atoms with Crippen molar-refractivity contribution in [1.29, 1.82) is 0 Å². The fraction of sp³-hybridized carbons (Fsp3) is 0.696. The van der Waals surface area contributed by atoms with Crippen molar-refractivity contribution in [2.75, 3.05) is 39.6 Å². The van der Waals surface area contributed by atoms with Gasteiger partial charge in [-0.25, -0.2) is 9.78 Å². The highest BCUT2D eigenvalue weighted by atomic mass is 16.7. The number of Topliss-reactive ketones (excluding diaryl/α,β-unsaturated/α-hetero) is 1. The van der Waals surface area contributed by atoms with E-state index in [0.717, 1.165) is 12.8 Å². The van der Waals surface area contributed by atoms with E-state index < -0.39 is 17.4 Å². The number of nitrogens with zero attached hydrogens (tertiary/aromatic N) is 1. The number of rotatable bonds is 2. The van der Waals surface area contributed by atoms with Crippen LogP contribution in [0.25, 0.3) is 0 Å². The summed E-state index contributed by atoms with van der Waals surface area (Å²) in [5.41, 5.74) is -0.942. The van der Waals surface area contributed by atoms with Crippen LogP contribution in [0.5, 0.6) is 5.88 Å². The molecule has 3 aliphatic rings. The van der Waals surface area contributed by atoms with Crippen molar-refractivity contribution in [1.82, 2.24) is 4.98 Å². The summed E-state index contributed by atoms with van der Waals surface area (Å²) in [6.07, 6.45) is 5.03. The van der Waals surface area contributed by atoms with Gasteiger partial charge in [-0.3, -0.25) is 4.79 Å². The van der Waals surface area contributed by atoms with Crippen LogP contribution in [0.1, 0.15) is 52.4 Å².